The van der Waals surface area contributed by atoms with E-state index >= 15 is 0 Å². The minimum absolute atomic E-state index is 0.322. The zero-order valence-electron chi connectivity index (χ0n) is 8.35. The zero-order chi connectivity index (χ0) is 11.2. The minimum Gasteiger partial charge on any atom is -0.508 e. The van der Waals surface area contributed by atoms with Crippen molar-refractivity contribution in [2.24, 2.45) is 0 Å². The lowest BCUT2D eigenvalue weighted by molar-refractivity contribution is -0.107. The average Bonchev–Trinajstić information content (AvgIpc) is 2.24. The first-order valence-electron chi connectivity index (χ1n) is 4.27. The molecular weight excluding hydrogens is 180 g/mol. The maximum absolute atomic E-state index is 9.40. The summed E-state index contributed by atoms with van der Waals surface area (Å²) in [4.78, 5) is 17.4. The summed E-state index contributed by atoms with van der Waals surface area (Å²) in [6.07, 6.45) is 2.61. The number of benzene rings is 1. The van der Waals surface area contributed by atoms with Gasteiger partial charge in [-0.2, -0.15) is 0 Å². The molecule has 14 heavy (non-hydrogen) atoms. The van der Waals surface area contributed by atoms with E-state index in [0.29, 0.717) is 12.2 Å². The molecule has 0 amide bonds. The first-order valence-corrected chi connectivity index (χ1v) is 4.27. The van der Waals surface area contributed by atoms with Gasteiger partial charge in [0, 0.05) is 6.42 Å². The lowest BCUT2D eigenvalue weighted by Crippen LogP contribution is -1.64. The topological polar surface area (TPSA) is 54.4 Å². The Morgan fingerprint density at radius 1 is 1.29 bits per heavy atom. The van der Waals surface area contributed by atoms with Crippen molar-refractivity contribution in [3.8, 4) is 5.75 Å². The van der Waals surface area contributed by atoms with Gasteiger partial charge in [-0.25, -0.2) is 0 Å². The van der Waals surface area contributed by atoms with Gasteiger partial charge in [-0.3, -0.25) is 0 Å². The molecule has 0 bridgehead atoms. The monoisotopic (exact) mass is 196 g/mol. The van der Waals surface area contributed by atoms with Gasteiger partial charge in [0.25, 0.3) is 0 Å². The van der Waals surface area contributed by atoms with Crippen LogP contribution in [-0.2, 0) is 9.59 Å². The van der Waals surface area contributed by atoms with Gasteiger partial charge in [0.1, 0.15) is 18.8 Å². The molecule has 0 fully saturated rings. The summed E-state index contributed by atoms with van der Waals surface area (Å²) >= 11 is 0. The fourth-order valence-electron chi connectivity index (χ4n) is 0.546. The molecule has 0 aliphatic rings. The van der Waals surface area contributed by atoms with Crippen LogP contribution in [0, 0.1) is 0 Å². The SMILES string of the molecule is C=O.CCCC=O.Oc1ccccc1. The molecule has 0 spiro atoms. The molecule has 1 aromatic rings. The van der Waals surface area contributed by atoms with Crippen molar-refractivity contribution in [1.29, 1.82) is 0 Å². The van der Waals surface area contributed by atoms with Crippen molar-refractivity contribution in [3.05, 3.63) is 30.3 Å². The number of unbranched alkanes of at least 4 members (excludes halogenated alkanes) is 1. The summed E-state index contributed by atoms with van der Waals surface area (Å²) in [7, 11) is 0. The molecule has 0 saturated carbocycles. The summed E-state index contributed by atoms with van der Waals surface area (Å²) in [5, 5.41) is 8.63. The minimum atomic E-state index is 0.322. The highest BCUT2D eigenvalue weighted by Crippen LogP contribution is 2.02. The Hall–Kier alpha value is -1.64. The first kappa shape index (κ1) is 14.9. The molecule has 1 N–H and O–H groups in total. The second-order valence-electron chi connectivity index (χ2n) is 2.29. The third kappa shape index (κ3) is 13.0. The number of carbonyl (C=O) groups excluding carboxylic acids is 2. The van der Waals surface area contributed by atoms with Crippen LogP contribution in [0.25, 0.3) is 0 Å². The second-order valence-corrected chi connectivity index (χ2v) is 2.29. The molecule has 3 heteroatoms. The van der Waals surface area contributed by atoms with Gasteiger partial charge in [0.2, 0.25) is 0 Å². The van der Waals surface area contributed by atoms with E-state index in [0.717, 1.165) is 12.7 Å². The predicted octanol–water partition coefficient (Wildman–Crippen LogP) is 2.19. The molecule has 0 aliphatic carbocycles. The smallest absolute Gasteiger partial charge is 0.119 e. The quantitative estimate of drug-likeness (QED) is 0.738. The van der Waals surface area contributed by atoms with Gasteiger partial charge < -0.3 is 14.7 Å². The number of rotatable bonds is 2. The maximum Gasteiger partial charge on any atom is 0.119 e. The molecule has 0 aromatic heterocycles. The fourth-order valence-corrected chi connectivity index (χ4v) is 0.546. The fraction of sp³-hybridized carbons (Fsp3) is 0.273. The Morgan fingerprint density at radius 2 is 1.79 bits per heavy atom. The number of phenols is 1. The van der Waals surface area contributed by atoms with Gasteiger partial charge in [-0.05, 0) is 18.6 Å². The van der Waals surface area contributed by atoms with Gasteiger partial charge in [-0.15, -0.1) is 0 Å². The van der Waals surface area contributed by atoms with Gasteiger partial charge in [0.15, 0.2) is 0 Å². The first-order chi connectivity index (χ1) is 6.81. The van der Waals surface area contributed by atoms with E-state index in [1.807, 2.05) is 19.8 Å². The number of phenolic OH excluding ortho intramolecular Hbond substituents is 1. The molecule has 0 unspecified atom stereocenters. The van der Waals surface area contributed by atoms with Crippen molar-refractivity contribution in [2.75, 3.05) is 0 Å². The Morgan fingerprint density at radius 3 is 1.93 bits per heavy atom. The number of hydrogen-bond donors (Lipinski definition) is 1. The van der Waals surface area contributed by atoms with Crippen LogP contribution in [0.4, 0.5) is 0 Å². The third-order valence-corrected chi connectivity index (χ3v) is 1.16. The molecule has 1 aromatic carbocycles. The summed E-state index contributed by atoms with van der Waals surface area (Å²) < 4.78 is 0. The highest BCUT2D eigenvalue weighted by atomic mass is 16.3. The molecule has 0 heterocycles. The second kappa shape index (κ2) is 13.9. The van der Waals surface area contributed by atoms with E-state index in [9.17, 15) is 4.79 Å². The van der Waals surface area contributed by atoms with Gasteiger partial charge in [-0.1, -0.05) is 25.1 Å². The van der Waals surface area contributed by atoms with E-state index in [1.54, 1.807) is 24.3 Å². The zero-order valence-corrected chi connectivity index (χ0v) is 8.35. The highest BCUT2D eigenvalue weighted by molar-refractivity contribution is 5.48. The normalized spacial score (nSPS) is 7.21. The van der Waals surface area contributed by atoms with Crippen molar-refractivity contribution >= 4 is 13.1 Å². The van der Waals surface area contributed by atoms with Crippen LogP contribution >= 0.6 is 0 Å². The highest BCUT2D eigenvalue weighted by Gasteiger charge is 1.74. The Labute approximate surface area is 84.4 Å². The van der Waals surface area contributed by atoms with E-state index in [2.05, 4.69) is 0 Å². The number of hydrogen-bond acceptors (Lipinski definition) is 3. The van der Waals surface area contributed by atoms with Gasteiger partial charge >= 0.3 is 0 Å². The molecule has 0 saturated heterocycles. The lowest BCUT2D eigenvalue weighted by atomic mass is 10.3. The molecule has 78 valence electrons. The largest absolute Gasteiger partial charge is 0.508 e. The molecule has 1 rings (SSSR count). The summed E-state index contributed by atoms with van der Waals surface area (Å²) in [6.45, 7) is 3.98. The number of para-hydroxylation sites is 1. The van der Waals surface area contributed by atoms with Crippen LogP contribution in [0.3, 0.4) is 0 Å². The molecule has 3 nitrogen and oxygen atoms in total. The van der Waals surface area contributed by atoms with Crippen molar-refractivity contribution in [3.63, 3.8) is 0 Å². The molecule has 0 aliphatic heterocycles. The maximum atomic E-state index is 9.40. The van der Waals surface area contributed by atoms with Crippen LogP contribution in [0.5, 0.6) is 5.75 Å². The number of carbonyl (C=O) groups is 2. The van der Waals surface area contributed by atoms with Crippen molar-refractivity contribution in [1.82, 2.24) is 0 Å². The third-order valence-electron chi connectivity index (χ3n) is 1.16. The molecule has 0 atom stereocenters. The van der Waals surface area contributed by atoms with E-state index in [4.69, 9.17) is 9.90 Å². The standard InChI is InChI=1S/C6H6O.C4H8O.CH2O/c7-6-4-2-1-3-5-6;1-2-3-4-5;1-2/h1-5,7H;4H,2-3H2,1H3;1H2. The predicted molar refractivity (Wildman–Crippen MR) is 56.2 cm³/mol. The van der Waals surface area contributed by atoms with Crippen LogP contribution in [0.2, 0.25) is 0 Å². The van der Waals surface area contributed by atoms with Crippen molar-refractivity contribution < 1.29 is 14.7 Å². The molecular formula is C11H16O3. The molecule has 0 radical (unpaired) electrons. The Balaban J connectivity index is 0. The van der Waals surface area contributed by atoms with E-state index in [-0.39, 0.29) is 0 Å². The van der Waals surface area contributed by atoms with E-state index in [1.165, 1.54) is 0 Å². The van der Waals surface area contributed by atoms with Gasteiger partial charge in [0.05, 0.1) is 0 Å². The van der Waals surface area contributed by atoms with E-state index < -0.39 is 0 Å². The summed E-state index contributed by atoms with van der Waals surface area (Å²) in [5.74, 6) is 0.322. The average molecular weight is 196 g/mol. The van der Waals surface area contributed by atoms with Crippen molar-refractivity contribution in [2.45, 2.75) is 19.8 Å². The van der Waals surface area contributed by atoms with Crippen LogP contribution < -0.4 is 0 Å². The summed E-state index contributed by atoms with van der Waals surface area (Å²) in [5.41, 5.74) is 0. The number of aromatic hydroxyl groups is 1. The van der Waals surface area contributed by atoms with Crippen LogP contribution in [0.15, 0.2) is 30.3 Å². The number of aldehydes is 1. The Bertz CT molecular complexity index is 209. The summed E-state index contributed by atoms with van der Waals surface area (Å²) in [6, 6.07) is 8.71. The van der Waals surface area contributed by atoms with Crippen LogP contribution in [-0.4, -0.2) is 18.2 Å². The Kier molecular flexibility index (Phi) is 14.8. The lowest BCUT2D eigenvalue weighted by Gasteiger charge is -1.82. The van der Waals surface area contributed by atoms with Crippen LogP contribution in [0.1, 0.15) is 19.8 Å².